The molecule has 2 rings (SSSR count). The van der Waals surface area contributed by atoms with E-state index in [-0.39, 0.29) is 23.3 Å². The molecular weight excluding hydrogens is 286 g/mol. The molecule has 0 aromatic heterocycles. The molecule has 1 aliphatic heterocycles. The minimum atomic E-state index is -3.53. The largest absolute Gasteiger partial charge is 0.315 e. The number of piperidine rings is 1. The maximum atomic E-state index is 12.1. The van der Waals surface area contributed by atoms with Crippen LogP contribution in [0.1, 0.15) is 18.4 Å². The van der Waals surface area contributed by atoms with Gasteiger partial charge >= 0.3 is 0 Å². The maximum Gasteiger partial charge on any atom is 0.240 e. The summed E-state index contributed by atoms with van der Waals surface area (Å²) in [5, 5.41) is 11.9. The molecule has 5 nitrogen and oxygen atoms in total. The van der Waals surface area contributed by atoms with Gasteiger partial charge in [-0.25, -0.2) is 13.1 Å². The van der Waals surface area contributed by atoms with Gasteiger partial charge in [-0.3, -0.25) is 0 Å². The second-order valence-corrected chi connectivity index (χ2v) is 6.02. The molecule has 1 fully saturated rings. The van der Waals surface area contributed by atoms with Crippen molar-refractivity contribution in [3.05, 3.63) is 29.8 Å². The van der Waals surface area contributed by atoms with Gasteiger partial charge in [-0.05, 0) is 37.6 Å². The standard InChI is InChI=1S/C12H15N3O2S.ClH/c13-8-10-3-1-5-12(7-10)18(16,17)15-11-4-2-6-14-9-11;/h1,3,5,7,11,14-15H,2,4,6,9H2;1H. The summed E-state index contributed by atoms with van der Waals surface area (Å²) in [5.41, 5.74) is 0.347. The third kappa shape index (κ3) is 4.18. The van der Waals surface area contributed by atoms with Gasteiger partial charge in [0.15, 0.2) is 0 Å². The van der Waals surface area contributed by atoms with Gasteiger partial charge in [-0.2, -0.15) is 5.26 Å². The van der Waals surface area contributed by atoms with E-state index >= 15 is 0 Å². The zero-order valence-corrected chi connectivity index (χ0v) is 11.9. The van der Waals surface area contributed by atoms with Gasteiger partial charge in [-0.15, -0.1) is 12.4 Å². The van der Waals surface area contributed by atoms with E-state index in [1.807, 2.05) is 6.07 Å². The monoisotopic (exact) mass is 301 g/mol. The molecule has 19 heavy (non-hydrogen) atoms. The Balaban J connectivity index is 0.00000180. The van der Waals surface area contributed by atoms with E-state index in [1.165, 1.54) is 12.1 Å². The predicted octanol–water partition coefficient (Wildman–Crippen LogP) is 1.01. The van der Waals surface area contributed by atoms with Gasteiger partial charge in [-0.1, -0.05) is 6.07 Å². The fraction of sp³-hybridized carbons (Fsp3) is 0.417. The second-order valence-electron chi connectivity index (χ2n) is 4.30. The van der Waals surface area contributed by atoms with Crippen LogP contribution in [0.25, 0.3) is 0 Å². The first-order valence-corrected chi connectivity index (χ1v) is 7.33. The highest BCUT2D eigenvalue weighted by Gasteiger charge is 2.21. The minimum Gasteiger partial charge on any atom is -0.315 e. The van der Waals surface area contributed by atoms with Crippen molar-refractivity contribution in [3.8, 4) is 6.07 Å². The smallest absolute Gasteiger partial charge is 0.240 e. The van der Waals surface area contributed by atoms with Crippen molar-refractivity contribution in [2.24, 2.45) is 0 Å². The number of hydrogen-bond acceptors (Lipinski definition) is 4. The van der Waals surface area contributed by atoms with Crippen molar-refractivity contribution >= 4 is 22.4 Å². The van der Waals surface area contributed by atoms with Crippen LogP contribution in [0.4, 0.5) is 0 Å². The van der Waals surface area contributed by atoms with E-state index in [1.54, 1.807) is 12.1 Å². The number of halogens is 1. The SMILES string of the molecule is Cl.N#Cc1cccc(S(=O)(=O)NC2CCCNC2)c1. The summed E-state index contributed by atoms with van der Waals surface area (Å²) in [7, 11) is -3.53. The Labute approximate surface area is 119 Å². The van der Waals surface area contributed by atoms with Gasteiger partial charge in [0.1, 0.15) is 0 Å². The topological polar surface area (TPSA) is 82.0 Å². The van der Waals surface area contributed by atoms with E-state index in [2.05, 4.69) is 10.0 Å². The summed E-state index contributed by atoms with van der Waals surface area (Å²) in [4.78, 5) is 0.145. The third-order valence-corrected chi connectivity index (χ3v) is 4.41. The molecule has 1 aromatic rings. The minimum absolute atomic E-state index is 0. The van der Waals surface area contributed by atoms with Crippen LogP contribution in [0.3, 0.4) is 0 Å². The average Bonchev–Trinajstić information content (AvgIpc) is 2.39. The summed E-state index contributed by atoms with van der Waals surface area (Å²) in [6.45, 7) is 1.58. The van der Waals surface area contributed by atoms with Crippen LogP contribution >= 0.6 is 12.4 Å². The maximum absolute atomic E-state index is 12.1. The zero-order chi connectivity index (χ0) is 13.0. The van der Waals surface area contributed by atoms with Crippen molar-refractivity contribution in [2.45, 2.75) is 23.8 Å². The van der Waals surface area contributed by atoms with Crippen molar-refractivity contribution in [3.63, 3.8) is 0 Å². The van der Waals surface area contributed by atoms with E-state index in [0.717, 1.165) is 19.4 Å². The number of rotatable bonds is 3. The molecule has 1 unspecified atom stereocenters. The molecule has 0 spiro atoms. The van der Waals surface area contributed by atoms with Gasteiger partial charge < -0.3 is 5.32 Å². The quantitative estimate of drug-likeness (QED) is 0.873. The molecule has 1 heterocycles. The molecule has 0 saturated carbocycles. The Kier molecular flexibility index (Phi) is 5.76. The van der Waals surface area contributed by atoms with Gasteiger partial charge in [0, 0.05) is 12.6 Å². The highest BCUT2D eigenvalue weighted by atomic mass is 35.5. The van der Waals surface area contributed by atoms with Crippen molar-refractivity contribution in [1.29, 1.82) is 5.26 Å². The normalized spacial score (nSPS) is 19.2. The van der Waals surface area contributed by atoms with Gasteiger partial charge in [0.05, 0.1) is 16.5 Å². The summed E-state index contributed by atoms with van der Waals surface area (Å²) in [6, 6.07) is 7.91. The highest BCUT2D eigenvalue weighted by Crippen LogP contribution is 2.13. The number of sulfonamides is 1. The van der Waals surface area contributed by atoms with Crippen molar-refractivity contribution in [1.82, 2.24) is 10.0 Å². The van der Waals surface area contributed by atoms with Crippen LogP contribution in [0.2, 0.25) is 0 Å². The molecule has 0 bridgehead atoms. The van der Waals surface area contributed by atoms with Crippen LogP contribution in [0, 0.1) is 11.3 Å². The Morgan fingerprint density at radius 2 is 2.21 bits per heavy atom. The highest BCUT2D eigenvalue weighted by molar-refractivity contribution is 7.89. The van der Waals surface area contributed by atoms with E-state index in [4.69, 9.17) is 5.26 Å². The van der Waals surface area contributed by atoms with Gasteiger partial charge in [0.25, 0.3) is 0 Å². The third-order valence-electron chi connectivity index (χ3n) is 2.89. The molecule has 0 amide bonds. The number of nitrogens with one attached hydrogen (secondary N) is 2. The first-order valence-electron chi connectivity index (χ1n) is 5.85. The second kappa shape index (κ2) is 6.87. The first kappa shape index (κ1) is 15.9. The lowest BCUT2D eigenvalue weighted by atomic mass is 10.1. The van der Waals surface area contributed by atoms with Crippen LogP contribution < -0.4 is 10.0 Å². The lowest BCUT2D eigenvalue weighted by molar-refractivity contribution is 0.428. The average molecular weight is 302 g/mol. The predicted molar refractivity (Wildman–Crippen MR) is 74.6 cm³/mol. The Morgan fingerprint density at radius 1 is 1.42 bits per heavy atom. The molecular formula is C12H16ClN3O2S. The number of nitrogens with zero attached hydrogens (tertiary/aromatic N) is 1. The number of nitriles is 1. The van der Waals surface area contributed by atoms with Crippen LogP contribution in [0.5, 0.6) is 0 Å². The number of hydrogen-bond donors (Lipinski definition) is 2. The molecule has 7 heteroatoms. The fourth-order valence-corrected chi connectivity index (χ4v) is 3.29. The van der Waals surface area contributed by atoms with E-state index in [0.29, 0.717) is 12.1 Å². The fourth-order valence-electron chi connectivity index (χ4n) is 1.97. The first-order chi connectivity index (χ1) is 8.62. The van der Waals surface area contributed by atoms with Crippen molar-refractivity contribution in [2.75, 3.05) is 13.1 Å². The Bertz CT molecular complexity index is 563. The molecule has 1 atom stereocenters. The summed E-state index contributed by atoms with van der Waals surface area (Å²) in [6.07, 6.45) is 1.80. The van der Waals surface area contributed by atoms with Crippen LogP contribution in [0.15, 0.2) is 29.2 Å². The Hall–Kier alpha value is -1.13. The number of benzene rings is 1. The lowest BCUT2D eigenvalue weighted by Crippen LogP contribution is -2.45. The summed E-state index contributed by atoms with van der Waals surface area (Å²) >= 11 is 0. The molecule has 1 aliphatic rings. The van der Waals surface area contributed by atoms with Gasteiger partial charge in [0.2, 0.25) is 10.0 Å². The molecule has 104 valence electrons. The zero-order valence-electron chi connectivity index (χ0n) is 10.3. The molecule has 2 N–H and O–H groups in total. The van der Waals surface area contributed by atoms with Crippen LogP contribution in [-0.4, -0.2) is 27.5 Å². The van der Waals surface area contributed by atoms with E-state index < -0.39 is 10.0 Å². The van der Waals surface area contributed by atoms with E-state index in [9.17, 15) is 8.42 Å². The summed E-state index contributed by atoms with van der Waals surface area (Å²) in [5.74, 6) is 0. The Morgan fingerprint density at radius 3 is 2.84 bits per heavy atom. The molecule has 1 saturated heterocycles. The molecule has 0 radical (unpaired) electrons. The van der Waals surface area contributed by atoms with Crippen molar-refractivity contribution < 1.29 is 8.42 Å². The molecule has 0 aliphatic carbocycles. The summed E-state index contributed by atoms with van der Waals surface area (Å²) < 4.78 is 26.9. The molecule has 1 aromatic carbocycles. The lowest BCUT2D eigenvalue weighted by Gasteiger charge is -2.23. The van der Waals surface area contributed by atoms with Crippen LogP contribution in [-0.2, 0) is 10.0 Å².